The molecule has 1 saturated heterocycles. The van der Waals surface area contributed by atoms with Gasteiger partial charge in [-0.2, -0.15) is 0 Å². The van der Waals surface area contributed by atoms with Crippen LogP contribution in [-0.2, 0) is 25.7 Å². The first-order valence-corrected chi connectivity index (χ1v) is 26.0. The molecule has 2 aromatic rings. The molecule has 10 rings (SSSR count). The van der Waals surface area contributed by atoms with Crippen LogP contribution < -0.4 is 0 Å². The van der Waals surface area contributed by atoms with E-state index in [1.54, 1.807) is 0 Å². The summed E-state index contributed by atoms with van der Waals surface area (Å²) in [5, 5.41) is 9.76. The number of carbonyl (C=O) groups is 3. The lowest BCUT2D eigenvalue weighted by Gasteiger charge is -2.73. The number of imidazole rings is 1. The number of esters is 1. The Morgan fingerprint density at radius 1 is 0.815 bits per heavy atom. The molecule has 3 heterocycles. The topological polar surface area (TPSA) is 118 Å². The van der Waals surface area contributed by atoms with Crippen LogP contribution in [0.4, 0.5) is 0 Å². The third kappa shape index (κ3) is 6.63. The summed E-state index contributed by atoms with van der Waals surface area (Å²) < 4.78 is 8.86. The molecule has 10 heteroatoms. The zero-order valence-corrected chi connectivity index (χ0v) is 41.6. The van der Waals surface area contributed by atoms with E-state index in [1.165, 1.54) is 38.5 Å². The second-order valence-corrected chi connectivity index (χ2v) is 25.8. The molecule has 7 aliphatic carbocycles. The number of amides is 1. The summed E-state index contributed by atoms with van der Waals surface area (Å²) in [6.45, 7) is 21.7. The average Bonchev–Trinajstić information content (AvgIpc) is 3.59. The Labute approximate surface area is 389 Å². The normalized spacial score (nSPS) is 42.0. The summed E-state index contributed by atoms with van der Waals surface area (Å²) in [6, 6.07) is 4.06. The van der Waals surface area contributed by atoms with Crippen LogP contribution in [0.2, 0.25) is 0 Å². The van der Waals surface area contributed by atoms with Gasteiger partial charge in [-0.05, 0) is 179 Å². The molecule has 356 valence electrons. The molecule has 0 radical (unpaired) electrons. The number of carboxylic acids is 1. The number of fused-ring (bicyclic) bond motifs is 7. The average molecular weight is 892 g/mol. The van der Waals surface area contributed by atoms with Gasteiger partial charge in [-0.15, -0.1) is 0 Å². The molecule has 1 amide bonds. The molecule has 8 fully saturated rings. The van der Waals surface area contributed by atoms with Gasteiger partial charge in [-0.25, -0.2) is 4.98 Å². The van der Waals surface area contributed by atoms with E-state index in [-0.39, 0.29) is 51.1 Å². The Hall–Kier alpha value is -3.27. The summed E-state index contributed by atoms with van der Waals surface area (Å²) in [4.78, 5) is 56.1. The van der Waals surface area contributed by atoms with Crippen molar-refractivity contribution in [2.75, 3.05) is 27.2 Å². The number of carboxylic acid groups (broad SMARTS) is 1. The largest absolute Gasteiger partial charge is 0.481 e. The summed E-state index contributed by atoms with van der Waals surface area (Å²) in [5.41, 5.74) is 1.65. The van der Waals surface area contributed by atoms with E-state index >= 15 is 4.79 Å². The molecule has 8 aliphatic rings. The SMILES string of the molecule is CN(C)CCn1cc(-c2cccnc2)nc1[C@@H]1CCCN1C(=O)[C@]12CCC(C3(C)CC3)[C@@H]1[C@H]1CC[C@@H]3[C@@]4(C)CC[C@H](OC(=O)[C@H]5C[C@@H](C(=O)O)C5(C)C)C(C)(C)[C@@H]4CC[C@@]3(C)[C@]1(C)CC2. The minimum absolute atomic E-state index is 0.0166. The fraction of sp³-hybridized carbons (Fsp3) is 0.800. The first-order chi connectivity index (χ1) is 30.6. The van der Waals surface area contributed by atoms with E-state index in [2.05, 4.69) is 87.3 Å². The number of rotatable bonds is 10. The number of nitrogens with zero attached hydrogens (tertiary/aromatic N) is 5. The Kier molecular flexibility index (Phi) is 10.8. The van der Waals surface area contributed by atoms with Gasteiger partial charge < -0.3 is 24.2 Å². The molecule has 1 aliphatic heterocycles. The summed E-state index contributed by atoms with van der Waals surface area (Å²) in [5.74, 6) is 2.17. The molecule has 0 bridgehead atoms. The molecule has 10 nitrogen and oxygen atoms in total. The van der Waals surface area contributed by atoms with Gasteiger partial charge in [0, 0.05) is 49.2 Å². The summed E-state index contributed by atoms with van der Waals surface area (Å²) in [7, 11) is 4.25. The summed E-state index contributed by atoms with van der Waals surface area (Å²) >= 11 is 0. The third-order valence-corrected chi connectivity index (χ3v) is 22.2. The molecule has 1 N–H and O–H groups in total. The lowest BCUT2D eigenvalue weighted by Crippen LogP contribution is -2.67. The number of ether oxygens (including phenoxy) is 1. The molecular formula is C55H81N5O5. The van der Waals surface area contributed by atoms with Gasteiger partial charge in [0.15, 0.2) is 0 Å². The first kappa shape index (κ1) is 45.5. The van der Waals surface area contributed by atoms with Crippen molar-refractivity contribution >= 4 is 17.8 Å². The van der Waals surface area contributed by atoms with Crippen LogP contribution in [0.3, 0.4) is 0 Å². The van der Waals surface area contributed by atoms with Crippen LogP contribution in [0, 0.1) is 79.3 Å². The maximum atomic E-state index is 16.0. The lowest BCUT2D eigenvalue weighted by atomic mass is 9.32. The van der Waals surface area contributed by atoms with E-state index < -0.39 is 17.3 Å². The van der Waals surface area contributed by atoms with Gasteiger partial charge in [0.25, 0.3) is 0 Å². The molecular weight excluding hydrogens is 811 g/mol. The number of hydrogen-bond acceptors (Lipinski definition) is 7. The van der Waals surface area contributed by atoms with Crippen molar-refractivity contribution in [2.45, 2.75) is 170 Å². The zero-order valence-electron chi connectivity index (χ0n) is 41.6. The maximum Gasteiger partial charge on any atom is 0.309 e. The number of likely N-dealkylation sites (tertiary alicyclic amines) is 1. The van der Waals surface area contributed by atoms with Crippen LogP contribution >= 0.6 is 0 Å². The maximum absolute atomic E-state index is 16.0. The van der Waals surface area contributed by atoms with Crippen molar-refractivity contribution in [3.05, 3.63) is 36.5 Å². The van der Waals surface area contributed by atoms with Crippen LogP contribution in [-0.4, -0.2) is 80.6 Å². The minimum atomic E-state index is -0.812. The van der Waals surface area contributed by atoms with Crippen molar-refractivity contribution in [1.29, 1.82) is 0 Å². The van der Waals surface area contributed by atoms with Crippen molar-refractivity contribution < 1.29 is 24.2 Å². The Bertz CT molecular complexity index is 2200. The molecule has 1 unspecified atom stereocenters. The van der Waals surface area contributed by atoms with Gasteiger partial charge in [0.1, 0.15) is 11.9 Å². The van der Waals surface area contributed by atoms with Crippen molar-refractivity contribution in [3.63, 3.8) is 0 Å². The predicted molar refractivity (Wildman–Crippen MR) is 252 cm³/mol. The fourth-order valence-corrected chi connectivity index (χ4v) is 17.9. The van der Waals surface area contributed by atoms with E-state index in [9.17, 15) is 14.7 Å². The highest BCUT2D eigenvalue weighted by molar-refractivity contribution is 5.85. The van der Waals surface area contributed by atoms with Crippen molar-refractivity contribution in [1.82, 2.24) is 24.3 Å². The molecule has 65 heavy (non-hydrogen) atoms. The van der Waals surface area contributed by atoms with Crippen LogP contribution in [0.15, 0.2) is 30.7 Å². The smallest absolute Gasteiger partial charge is 0.309 e. The lowest BCUT2D eigenvalue weighted by molar-refractivity contribution is -0.253. The van der Waals surface area contributed by atoms with Crippen molar-refractivity contribution in [3.8, 4) is 11.3 Å². The van der Waals surface area contributed by atoms with Crippen LogP contribution in [0.25, 0.3) is 11.3 Å². The second-order valence-electron chi connectivity index (χ2n) is 25.8. The van der Waals surface area contributed by atoms with E-state index in [1.807, 2.05) is 32.3 Å². The number of likely N-dealkylation sites (N-methyl/N-ethyl adjacent to an activating group) is 1. The van der Waals surface area contributed by atoms with Crippen LogP contribution in [0.1, 0.15) is 164 Å². The van der Waals surface area contributed by atoms with Gasteiger partial charge in [-0.3, -0.25) is 19.4 Å². The Balaban J connectivity index is 0.928. The van der Waals surface area contributed by atoms with E-state index in [4.69, 9.17) is 9.72 Å². The number of aromatic nitrogens is 3. The van der Waals surface area contributed by atoms with E-state index in [0.29, 0.717) is 47.3 Å². The summed E-state index contributed by atoms with van der Waals surface area (Å²) in [6.07, 6.45) is 21.7. The zero-order chi connectivity index (χ0) is 46.3. The Morgan fingerprint density at radius 3 is 2.26 bits per heavy atom. The second kappa shape index (κ2) is 15.4. The number of carbonyl (C=O) groups excluding carboxylic acids is 2. The van der Waals surface area contributed by atoms with Gasteiger partial charge >= 0.3 is 11.9 Å². The first-order valence-electron chi connectivity index (χ1n) is 26.0. The van der Waals surface area contributed by atoms with Crippen LogP contribution in [0.5, 0.6) is 0 Å². The standard InChI is InChI=1S/C55H81N5O5/c1-49(2)37(46(61)62)31-38(49)47(63)65-43-19-20-52(6)41(50(43,3)4)18-21-54(8)42(52)16-15-36-44-35(51(5)23-24-51)17-22-55(44,26-25-53(36,54)7)48(64)60-28-12-14-40(60)45-57-39(34-13-11-27-56-32-34)33-59(45)30-29-58(9)10/h11,13,27,32-33,35-38,40-44H,12,14-26,28-31H2,1-10H3,(H,61,62)/t35?,36-,37+,38-,40+,41+,42-,43+,44-,52+,53-,54-,55+/m1/s1. The van der Waals surface area contributed by atoms with Crippen molar-refractivity contribution in [2.24, 2.45) is 79.3 Å². The molecule has 0 aromatic carbocycles. The highest BCUT2D eigenvalue weighted by Gasteiger charge is 2.74. The Morgan fingerprint density at radius 2 is 1.58 bits per heavy atom. The third-order valence-electron chi connectivity index (χ3n) is 22.2. The quantitative estimate of drug-likeness (QED) is 0.234. The molecule has 13 atom stereocenters. The fourth-order valence-electron chi connectivity index (χ4n) is 17.9. The monoisotopic (exact) mass is 892 g/mol. The molecule has 0 spiro atoms. The van der Waals surface area contributed by atoms with Gasteiger partial charge in [0.05, 0.1) is 29.0 Å². The number of pyridine rings is 1. The molecule has 7 saturated carbocycles. The molecule has 2 aromatic heterocycles. The predicted octanol–water partition coefficient (Wildman–Crippen LogP) is 10.7. The van der Waals surface area contributed by atoms with Gasteiger partial charge in [0.2, 0.25) is 5.91 Å². The van der Waals surface area contributed by atoms with Gasteiger partial charge in [-0.1, -0.05) is 55.4 Å². The number of hydrogen-bond donors (Lipinski definition) is 1. The minimum Gasteiger partial charge on any atom is -0.481 e. The van der Waals surface area contributed by atoms with E-state index in [0.717, 1.165) is 88.1 Å². The highest BCUT2D eigenvalue weighted by atomic mass is 16.5. The highest BCUT2D eigenvalue weighted by Crippen LogP contribution is 2.79. The number of aliphatic carboxylic acids is 1.